The van der Waals surface area contributed by atoms with Gasteiger partial charge < -0.3 is 35.0 Å². The van der Waals surface area contributed by atoms with Crippen molar-refractivity contribution < 1.29 is 68.9 Å². The minimum Gasteiger partial charge on any atom is -0.494 e. The fraction of sp³-hybridized carbons (Fsp3) is 0.418. The third-order valence-corrected chi connectivity index (χ3v) is 15.1. The molecular weight excluding hydrogens is 1100 g/mol. The second-order valence-electron chi connectivity index (χ2n) is 20.8. The number of hydrogen-bond acceptors (Lipinski definition) is 12. The van der Waals surface area contributed by atoms with Crippen LogP contribution in [0.4, 0.5) is 46.5 Å². The highest BCUT2D eigenvalue weighted by Crippen LogP contribution is 2.44. The van der Waals surface area contributed by atoms with Crippen molar-refractivity contribution in [2.45, 2.75) is 104 Å². The smallest absolute Gasteiger partial charge is 0.420 e. The number of β-amino-alcohol motifs (C(OH)–C–C–N with tert-alkyl or cyclic N) is 1. The Kier molecular flexibility index (Phi) is 18.1. The zero-order valence-electron chi connectivity index (χ0n) is 44.3. The van der Waals surface area contributed by atoms with Crippen LogP contribution >= 0.6 is 23.6 Å². The lowest BCUT2D eigenvalue weighted by Crippen LogP contribution is -2.52. The summed E-state index contributed by atoms with van der Waals surface area (Å²) in [5, 5.41) is 24.9. The number of amides is 4. The van der Waals surface area contributed by atoms with Gasteiger partial charge in [0.15, 0.2) is 16.7 Å². The number of aromatic nitrogens is 2. The van der Waals surface area contributed by atoms with Crippen molar-refractivity contribution in [2.24, 2.45) is 11.3 Å². The van der Waals surface area contributed by atoms with E-state index < -0.39 is 121 Å². The molecule has 4 amide bonds. The van der Waals surface area contributed by atoms with E-state index in [4.69, 9.17) is 21.7 Å². The van der Waals surface area contributed by atoms with Crippen LogP contribution in [-0.4, -0.2) is 99.3 Å². The van der Waals surface area contributed by atoms with E-state index >= 15 is 8.78 Å². The SMILES string of the molecule is Cc1ncsc1-c1ccc([C@H](C)NC(=O)[C@@H]2C[C@@H](O)CN2C(=O)[C@@H](CNC(=O)COCCCCOc2ccc(-c3ncc(N4C(=S)N(c5ccc(C#N)c(C(F)(F)F)c5F)C(=O)C4(C)C)cc3F)c(C(F)(F)F)c2)C(C)(C)C)cc1. The number of carbonyl (C=O) groups excluding carboxylic acids is 4. The number of thiazole rings is 1. The Bertz CT molecular complexity index is 3210. The predicted molar refractivity (Wildman–Crippen MR) is 284 cm³/mol. The lowest BCUT2D eigenvalue weighted by Gasteiger charge is -2.35. The number of ether oxygens (including phenoxy) is 2. The molecule has 0 spiro atoms. The molecule has 0 unspecified atom stereocenters. The van der Waals surface area contributed by atoms with Gasteiger partial charge in [0, 0.05) is 37.7 Å². The average molecular weight is 1160 g/mol. The second kappa shape index (κ2) is 23.9. The van der Waals surface area contributed by atoms with Gasteiger partial charge in [-0.05, 0) is 99.6 Å². The van der Waals surface area contributed by atoms with Crippen LogP contribution in [0.15, 0.2) is 72.4 Å². The van der Waals surface area contributed by atoms with Crippen LogP contribution in [0.1, 0.15) is 94.8 Å². The quantitative estimate of drug-likeness (QED) is 0.0428. The molecule has 25 heteroatoms. The molecule has 2 aliphatic heterocycles. The van der Waals surface area contributed by atoms with Crippen molar-refractivity contribution in [3.8, 4) is 33.5 Å². The average Bonchev–Trinajstić information content (AvgIpc) is 4.27. The monoisotopic (exact) mass is 1160 g/mol. The maximum Gasteiger partial charge on any atom is 0.420 e. The summed E-state index contributed by atoms with van der Waals surface area (Å²) in [6, 6.07) is 12.6. The minimum atomic E-state index is -5.34. The summed E-state index contributed by atoms with van der Waals surface area (Å²) in [4.78, 5) is 66.3. The molecular formula is C55H56F8N8O7S2. The van der Waals surface area contributed by atoms with E-state index in [0.717, 1.165) is 51.0 Å². The summed E-state index contributed by atoms with van der Waals surface area (Å²) in [5.41, 5.74) is -4.94. The zero-order chi connectivity index (χ0) is 58.8. The molecule has 80 heavy (non-hydrogen) atoms. The van der Waals surface area contributed by atoms with Gasteiger partial charge in [0.2, 0.25) is 17.7 Å². The Morgan fingerprint density at radius 3 is 2.27 bits per heavy atom. The fourth-order valence-corrected chi connectivity index (χ4v) is 10.8. The Hall–Kier alpha value is -7.14. The van der Waals surface area contributed by atoms with Crippen LogP contribution in [0.3, 0.4) is 0 Å². The van der Waals surface area contributed by atoms with E-state index in [-0.39, 0.29) is 57.2 Å². The number of alkyl halides is 6. The zero-order valence-corrected chi connectivity index (χ0v) is 45.9. The molecule has 3 aromatic carbocycles. The Labute approximate surface area is 464 Å². The number of aliphatic hydroxyl groups is 1. The van der Waals surface area contributed by atoms with Gasteiger partial charge in [-0.3, -0.25) is 29.1 Å². The first-order valence-corrected chi connectivity index (χ1v) is 26.4. The normalized spacial score (nSPS) is 17.4. The number of nitrogens with zero attached hydrogens (tertiary/aromatic N) is 6. The van der Waals surface area contributed by atoms with Crippen LogP contribution in [0.2, 0.25) is 0 Å². The van der Waals surface area contributed by atoms with Gasteiger partial charge >= 0.3 is 12.4 Å². The van der Waals surface area contributed by atoms with E-state index in [0.29, 0.717) is 23.5 Å². The van der Waals surface area contributed by atoms with Crippen molar-refractivity contribution in [2.75, 3.05) is 42.7 Å². The molecule has 0 bridgehead atoms. The van der Waals surface area contributed by atoms with Crippen molar-refractivity contribution in [1.82, 2.24) is 25.5 Å². The summed E-state index contributed by atoms with van der Waals surface area (Å²) in [7, 11) is 0. The lowest BCUT2D eigenvalue weighted by molar-refractivity contribution is -0.145. The number of pyridine rings is 1. The molecule has 5 aromatic rings. The Morgan fingerprint density at radius 1 is 0.975 bits per heavy atom. The highest BCUT2D eigenvalue weighted by molar-refractivity contribution is 7.81. The van der Waals surface area contributed by atoms with E-state index in [9.17, 15) is 55.9 Å². The number of aryl methyl sites for hydroxylation is 1. The maximum atomic E-state index is 15.9. The largest absolute Gasteiger partial charge is 0.494 e. The van der Waals surface area contributed by atoms with Gasteiger partial charge in [-0.1, -0.05) is 45.0 Å². The van der Waals surface area contributed by atoms with Crippen molar-refractivity contribution >= 4 is 63.7 Å². The first-order valence-electron chi connectivity index (χ1n) is 25.1. The number of unbranched alkanes of at least 4 members (excludes halogenated alkanes) is 1. The number of carbonyl (C=O) groups is 4. The molecule has 15 nitrogen and oxygen atoms in total. The third-order valence-electron chi connectivity index (χ3n) is 13.7. The molecule has 0 saturated carbocycles. The number of nitriles is 1. The summed E-state index contributed by atoms with van der Waals surface area (Å²) in [6.07, 6.45) is -9.80. The van der Waals surface area contributed by atoms with Crippen LogP contribution in [0, 0.1) is 41.2 Å². The topological polar surface area (TPSA) is 190 Å². The third kappa shape index (κ3) is 13.0. The molecule has 2 aromatic heterocycles. The summed E-state index contributed by atoms with van der Waals surface area (Å²) < 4.78 is 128. The minimum absolute atomic E-state index is 0.0388. The maximum absolute atomic E-state index is 15.9. The summed E-state index contributed by atoms with van der Waals surface area (Å²) in [6.45, 7) is 11.2. The molecule has 0 aliphatic carbocycles. The van der Waals surface area contributed by atoms with Crippen LogP contribution in [0.25, 0.3) is 21.7 Å². The lowest BCUT2D eigenvalue weighted by atomic mass is 9.79. The number of nitrogens with one attached hydrogen (secondary N) is 2. The number of rotatable bonds is 18. The molecule has 4 atom stereocenters. The molecule has 0 radical (unpaired) electrons. The first kappa shape index (κ1) is 60.5. The van der Waals surface area contributed by atoms with Gasteiger partial charge in [0.25, 0.3) is 5.91 Å². The van der Waals surface area contributed by atoms with E-state index in [1.807, 2.05) is 58.9 Å². The molecule has 2 saturated heterocycles. The van der Waals surface area contributed by atoms with Crippen LogP contribution in [0.5, 0.6) is 5.75 Å². The van der Waals surface area contributed by atoms with E-state index in [2.05, 4.69) is 20.6 Å². The number of halogens is 8. The Morgan fingerprint density at radius 2 is 1.66 bits per heavy atom. The Balaban J connectivity index is 0.898. The van der Waals surface area contributed by atoms with Gasteiger partial charge in [-0.15, -0.1) is 11.3 Å². The molecule has 7 rings (SSSR count). The molecule has 2 fully saturated rings. The molecule has 2 aliphatic rings. The molecule has 3 N–H and O–H groups in total. The molecule has 426 valence electrons. The highest BCUT2D eigenvalue weighted by atomic mass is 32.1. The fourth-order valence-electron chi connectivity index (χ4n) is 9.44. The van der Waals surface area contributed by atoms with Crippen LogP contribution < -0.4 is 25.2 Å². The number of hydrogen-bond donors (Lipinski definition) is 3. The molecule has 4 heterocycles. The van der Waals surface area contributed by atoms with Gasteiger partial charge in [0.1, 0.15) is 35.2 Å². The van der Waals surface area contributed by atoms with Crippen molar-refractivity contribution in [3.63, 3.8) is 0 Å². The number of aliphatic hydroxyl groups excluding tert-OH is 1. The van der Waals surface area contributed by atoms with E-state index in [1.165, 1.54) is 42.2 Å². The summed E-state index contributed by atoms with van der Waals surface area (Å²) in [5.74, 6) is -6.69. The second-order valence-corrected chi connectivity index (χ2v) is 22.0. The number of anilines is 2. The highest BCUT2D eigenvalue weighted by Gasteiger charge is 2.52. The predicted octanol–water partition coefficient (Wildman–Crippen LogP) is 10.1. The van der Waals surface area contributed by atoms with Gasteiger partial charge in [-0.25, -0.2) is 13.8 Å². The van der Waals surface area contributed by atoms with Crippen molar-refractivity contribution in [3.05, 3.63) is 112 Å². The number of thiocarbonyl (C=S) groups is 1. The van der Waals surface area contributed by atoms with Crippen LogP contribution in [-0.2, 0) is 36.3 Å². The number of likely N-dealkylation sites (tertiary alicyclic amines) is 1. The van der Waals surface area contributed by atoms with Crippen molar-refractivity contribution in [1.29, 1.82) is 5.26 Å². The number of benzene rings is 3. The van der Waals surface area contributed by atoms with Gasteiger partial charge in [0.05, 0.1) is 75.5 Å². The van der Waals surface area contributed by atoms with Gasteiger partial charge in [-0.2, -0.15) is 31.6 Å². The summed E-state index contributed by atoms with van der Waals surface area (Å²) >= 11 is 6.91. The standard InChI is InChI=1S/C55H56F8N8O7S2/c1-29(31-10-12-32(13-11-31)47-30(2)67-28-80-47)68-48(74)42-21-35(72)26-69(42)49(75)39(52(3,4)5)25-65-43(73)27-77-18-8-9-19-78-36-15-16-37(38(22-36)54(58,59)60)46-40(56)20-34(24-66-46)71-51(79)70(50(76)53(71,6)7)41-17-14-33(23-64)44(45(41)57)55(61,62)63/h10-17,20,22,24,28-29,35,39,42,72H,8-9,18-19,21,25-27H2,1-7H3,(H,65,73)(H,68,74)/t29-,35+,39+,42-/m0/s1. The van der Waals surface area contributed by atoms with E-state index in [1.54, 1.807) is 5.51 Å². The first-order chi connectivity index (χ1) is 37.4.